The van der Waals surface area contributed by atoms with E-state index in [1.54, 1.807) is 40.3 Å². The maximum atomic E-state index is 12.6. The van der Waals surface area contributed by atoms with Crippen molar-refractivity contribution in [3.63, 3.8) is 0 Å². The van der Waals surface area contributed by atoms with Gasteiger partial charge < -0.3 is 9.47 Å². The molecular weight excluding hydrogens is 378 g/mol. The second kappa shape index (κ2) is 8.39. The summed E-state index contributed by atoms with van der Waals surface area (Å²) in [6.45, 7) is 5.26. The number of carbonyl (C=O) groups excluding carboxylic acids is 1. The fourth-order valence-corrected chi connectivity index (χ4v) is 3.85. The maximum absolute atomic E-state index is 12.6. The molecule has 3 aromatic rings. The average molecular weight is 401 g/mol. The number of imidazole rings is 1. The number of carbonyl (C=O) groups is 1. The van der Waals surface area contributed by atoms with Gasteiger partial charge in [-0.15, -0.1) is 17.9 Å². The van der Waals surface area contributed by atoms with Crippen molar-refractivity contribution in [2.45, 2.75) is 25.9 Å². The summed E-state index contributed by atoms with van der Waals surface area (Å²) in [6, 6.07) is 3.97. The molecule has 28 heavy (non-hydrogen) atoms. The third-order valence-electron chi connectivity index (χ3n) is 4.64. The van der Waals surface area contributed by atoms with Crippen molar-refractivity contribution in [3.05, 3.63) is 62.2 Å². The Morgan fingerprint density at radius 1 is 1.32 bits per heavy atom. The summed E-state index contributed by atoms with van der Waals surface area (Å²) in [7, 11) is 3.03. The van der Waals surface area contributed by atoms with Gasteiger partial charge in [0.15, 0.2) is 11.2 Å². The molecule has 0 radical (unpaired) electrons. The van der Waals surface area contributed by atoms with Crippen molar-refractivity contribution < 1.29 is 4.79 Å². The van der Waals surface area contributed by atoms with Gasteiger partial charge in [-0.05, 0) is 17.9 Å². The van der Waals surface area contributed by atoms with Crippen LogP contribution in [0.25, 0.3) is 11.2 Å². The Morgan fingerprint density at radius 3 is 2.79 bits per heavy atom. The quantitative estimate of drug-likeness (QED) is 0.536. The van der Waals surface area contributed by atoms with Gasteiger partial charge in [-0.25, -0.2) is 9.78 Å². The number of hydrogen-bond acceptors (Lipinski definition) is 5. The number of rotatable bonds is 8. The minimum Gasteiger partial charge on any atom is -0.334 e. The summed E-state index contributed by atoms with van der Waals surface area (Å²) in [4.78, 5) is 44.2. The highest BCUT2D eigenvalue weighted by Gasteiger charge is 2.16. The fourth-order valence-electron chi connectivity index (χ4n) is 3.13. The molecule has 8 nitrogen and oxygen atoms in total. The van der Waals surface area contributed by atoms with Gasteiger partial charge in [0.25, 0.3) is 5.56 Å². The monoisotopic (exact) mass is 401 g/mol. The lowest BCUT2D eigenvalue weighted by Crippen LogP contribution is -2.37. The molecule has 0 fully saturated rings. The Hall–Kier alpha value is -2.94. The van der Waals surface area contributed by atoms with Crippen molar-refractivity contribution in [1.29, 1.82) is 0 Å². The molecule has 0 aliphatic heterocycles. The van der Waals surface area contributed by atoms with Crippen LogP contribution < -0.4 is 11.2 Å². The van der Waals surface area contributed by atoms with Crippen LogP contribution in [0.5, 0.6) is 0 Å². The summed E-state index contributed by atoms with van der Waals surface area (Å²) < 4.78 is 4.13. The molecule has 0 unspecified atom stereocenters. The van der Waals surface area contributed by atoms with Crippen LogP contribution in [-0.2, 0) is 32.0 Å². The first kappa shape index (κ1) is 19.8. The minimum absolute atomic E-state index is 0.0398. The van der Waals surface area contributed by atoms with Crippen molar-refractivity contribution in [2.24, 2.45) is 14.1 Å². The predicted molar refractivity (Wildman–Crippen MR) is 109 cm³/mol. The maximum Gasteiger partial charge on any atom is 0.332 e. The normalized spacial score (nSPS) is 11.1. The van der Waals surface area contributed by atoms with E-state index in [0.29, 0.717) is 43.6 Å². The van der Waals surface area contributed by atoms with Crippen LogP contribution in [0.15, 0.2) is 46.1 Å². The molecule has 3 heterocycles. The second-order valence-corrected chi connectivity index (χ2v) is 7.59. The molecule has 0 aliphatic carbocycles. The van der Waals surface area contributed by atoms with Crippen LogP contribution in [0, 0.1) is 0 Å². The number of nitrogens with zero attached hydrogens (tertiary/aromatic N) is 5. The third kappa shape index (κ3) is 3.84. The van der Waals surface area contributed by atoms with Crippen LogP contribution in [-0.4, -0.2) is 36.0 Å². The summed E-state index contributed by atoms with van der Waals surface area (Å²) in [5.41, 5.74) is -0.0662. The number of thiophene rings is 1. The van der Waals surface area contributed by atoms with Gasteiger partial charge in [-0.1, -0.05) is 12.1 Å². The molecule has 0 aromatic carbocycles. The van der Waals surface area contributed by atoms with Crippen molar-refractivity contribution in [2.75, 3.05) is 6.54 Å². The molecule has 1 amide bonds. The predicted octanol–water partition coefficient (Wildman–Crippen LogP) is 1.49. The Labute approximate surface area is 166 Å². The van der Waals surface area contributed by atoms with Crippen LogP contribution in [0.2, 0.25) is 0 Å². The van der Waals surface area contributed by atoms with E-state index < -0.39 is 5.69 Å². The molecule has 0 saturated carbocycles. The molecule has 0 atom stereocenters. The largest absolute Gasteiger partial charge is 0.334 e. The smallest absolute Gasteiger partial charge is 0.332 e. The summed E-state index contributed by atoms with van der Waals surface area (Å²) >= 11 is 1.62. The molecule has 3 rings (SSSR count). The van der Waals surface area contributed by atoms with E-state index >= 15 is 0 Å². The molecule has 9 heteroatoms. The van der Waals surface area contributed by atoms with E-state index in [2.05, 4.69) is 11.6 Å². The number of aryl methyl sites for hydroxylation is 2. The molecule has 3 aromatic heterocycles. The number of amides is 1. The Kier molecular flexibility index (Phi) is 5.93. The summed E-state index contributed by atoms with van der Waals surface area (Å²) in [5.74, 6) is 0.0398. The van der Waals surface area contributed by atoms with E-state index in [1.165, 1.54) is 11.6 Å². The van der Waals surface area contributed by atoms with Crippen molar-refractivity contribution in [3.8, 4) is 0 Å². The van der Waals surface area contributed by atoms with Crippen molar-refractivity contribution in [1.82, 2.24) is 23.6 Å². The van der Waals surface area contributed by atoms with Gasteiger partial charge in [-0.2, -0.15) is 0 Å². The minimum atomic E-state index is -0.411. The van der Waals surface area contributed by atoms with Crippen molar-refractivity contribution >= 4 is 28.4 Å². The van der Waals surface area contributed by atoms with Gasteiger partial charge in [-0.3, -0.25) is 18.7 Å². The Morgan fingerprint density at radius 2 is 2.11 bits per heavy atom. The first-order valence-electron chi connectivity index (χ1n) is 8.96. The van der Waals surface area contributed by atoms with E-state index in [-0.39, 0.29) is 11.5 Å². The number of fused-ring (bicyclic) bond motifs is 1. The molecule has 0 saturated heterocycles. The lowest BCUT2D eigenvalue weighted by Gasteiger charge is -2.20. The van der Waals surface area contributed by atoms with E-state index in [0.717, 1.165) is 9.44 Å². The van der Waals surface area contributed by atoms with Crippen LogP contribution >= 0.6 is 11.3 Å². The number of hydrogen-bond donors (Lipinski definition) is 0. The first-order valence-corrected chi connectivity index (χ1v) is 9.84. The molecule has 0 aliphatic rings. The van der Waals surface area contributed by atoms with Crippen LogP contribution in [0.3, 0.4) is 0 Å². The SMILES string of the molecule is C=CCN(Cc1cccs1)C(=O)CCCn1cnc2c1c(=O)n(C)c(=O)n2C. The summed E-state index contributed by atoms with van der Waals surface area (Å²) in [6.07, 6.45) is 4.18. The van der Waals surface area contributed by atoms with E-state index in [4.69, 9.17) is 0 Å². The zero-order valence-electron chi connectivity index (χ0n) is 16.0. The first-order chi connectivity index (χ1) is 13.4. The van der Waals surface area contributed by atoms with Gasteiger partial charge in [0, 0.05) is 38.5 Å². The van der Waals surface area contributed by atoms with E-state index in [1.807, 2.05) is 17.5 Å². The number of aromatic nitrogens is 4. The summed E-state index contributed by atoms with van der Waals surface area (Å²) in [5, 5.41) is 1.99. The zero-order chi connectivity index (χ0) is 20.3. The van der Waals surface area contributed by atoms with Crippen LogP contribution in [0.4, 0.5) is 0 Å². The molecule has 0 bridgehead atoms. The van der Waals surface area contributed by atoms with Gasteiger partial charge in [0.2, 0.25) is 5.91 Å². The highest BCUT2D eigenvalue weighted by Crippen LogP contribution is 2.14. The second-order valence-electron chi connectivity index (χ2n) is 6.56. The lowest BCUT2D eigenvalue weighted by molar-refractivity contribution is -0.131. The highest BCUT2D eigenvalue weighted by molar-refractivity contribution is 7.09. The fraction of sp³-hybridized carbons (Fsp3) is 0.368. The topological polar surface area (TPSA) is 82.1 Å². The molecule has 0 N–H and O–H groups in total. The highest BCUT2D eigenvalue weighted by atomic mass is 32.1. The van der Waals surface area contributed by atoms with E-state index in [9.17, 15) is 14.4 Å². The zero-order valence-corrected chi connectivity index (χ0v) is 16.8. The molecule has 0 spiro atoms. The van der Waals surface area contributed by atoms with Gasteiger partial charge >= 0.3 is 5.69 Å². The Bertz CT molecular complexity index is 1110. The third-order valence-corrected chi connectivity index (χ3v) is 5.50. The molecule has 148 valence electrons. The average Bonchev–Trinajstić information content (AvgIpc) is 3.34. The van der Waals surface area contributed by atoms with Gasteiger partial charge in [0.1, 0.15) is 0 Å². The van der Waals surface area contributed by atoms with Gasteiger partial charge in [0.05, 0.1) is 12.9 Å². The molecular formula is C19H23N5O3S. The van der Waals surface area contributed by atoms with Crippen LogP contribution in [0.1, 0.15) is 17.7 Å². The Balaban J connectivity index is 1.70. The lowest BCUT2D eigenvalue weighted by atomic mass is 10.2. The standard InChI is InChI=1S/C19H23N5O3S/c1-4-9-23(12-14-7-6-11-28-14)15(25)8-5-10-24-13-20-17-16(24)18(26)22(3)19(27)21(17)2/h4,6-7,11,13H,1,5,8-10,12H2,2-3H3.